The number of anilines is 2. The van der Waals surface area contributed by atoms with E-state index in [4.69, 9.17) is 10.5 Å². The van der Waals surface area contributed by atoms with Gasteiger partial charge < -0.3 is 15.4 Å². The molecule has 110 valence electrons. The second-order valence-corrected chi connectivity index (χ2v) is 6.04. The van der Waals surface area contributed by atoms with Crippen LogP contribution in [0.4, 0.5) is 11.4 Å². The third-order valence-electron chi connectivity index (χ3n) is 3.68. The van der Waals surface area contributed by atoms with E-state index in [0.717, 1.165) is 12.2 Å². The molecule has 2 aromatic rings. The Balaban J connectivity index is 1.93. The third kappa shape index (κ3) is 3.03. The van der Waals surface area contributed by atoms with Crippen LogP contribution in [-0.2, 0) is 11.3 Å². The number of nitrogens with zero attached hydrogens (tertiary/aromatic N) is 1. The molecule has 0 aliphatic heterocycles. The lowest BCUT2D eigenvalue weighted by Gasteiger charge is -2.26. The molecule has 3 rings (SSSR count). The molecule has 0 amide bonds. The molecule has 1 fully saturated rings. The Bertz CT molecular complexity index is 636. The Morgan fingerprint density at radius 3 is 2.86 bits per heavy atom. The summed E-state index contributed by atoms with van der Waals surface area (Å²) in [5, 5.41) is 4.23. The minimum Gasteiger partial charge on any atom is -0.465 e. The molecule has 1 heterocycles. The quantitative estimate of drug-likeness (QED) is 0.680. The minimum atomic E-state index is -0.331. The Morgan fingerprint density at radius 1 is 1.43 bits per heavy atom. The number of nitrogen functional groups attached to an aromatic ring is 1. The van der Waals surface area contributed by atoms with Gasteiger partial charge in [0.1, 0.15) is 0 Å². The van der Waals surface area contributed by atoms with Crippen LogP contribution in [0.25, 0.3) is 0 Å². The number of carbonyl (C=O) groups excluding carboxylic acids is 1. The zero-order valence-corrected chi connectivity index (χ0v) is 12.7. The Morgan fingerprint density at radius 2 is 2.24 bits per heavy atom. The van der Waals surface area contributed by atoms with Gasteiger partial charge in [0.2, 0.25) is 0 Å². The monoisotopic (exact) mass is 302 g/mol. The predicted octanol–water partition coefficient (Wildman–Crippen LogP) is 3.29. The van der Waals surface area contributed by atoms with E-state index in [9.17, 15) is 4.79 Å². The molecule has 21 heavy (non-hydrogen) atoms. The molecule has 0 radical (unpaired) electrons. The lowest BCUT2D eigenvalue weighted by atomic mass is 10.1. The molecular formula is C16H18N2O2S. The molecule has 1 aromatic heterocycles. The van der Waals surface area contributed by atoms with Gasteiger partial charge in [0.15, 0.2) is 0 Å². The van der Waals surface area contributed by atoms with Gasteiger partial charge in [-0.1, -0.05) is 0 Å². The maximum Gasteiger partial charge on any atom is 0.337 e. The summed E-state index contributed by atoms with van der Waals surface area (Å²) in [5.41, 5.74) is 9.57. The maximum absolute atomic E-state index is 11.7. The molecule has 0 atom stereocenters. The summed E-state index contributed by atoms with van der Waals surface area (Å²) in [7, 11) is 1.39. The molecule has 1 saturated carbocycles. The highest BCUT2D eigenvalue weighted by molar-refractivity contribution is 7.07. The van der Waals surface area contributed by atoms with Crippen molar-refractivity contribution >= 4 is 28.7 Å². The molecule has 1 aromatic carbocycles. The van der Waals surface area contributed by atoms with Crippen LogP contribution in [0.15, 0.2) is 35.0 Å². The minimum absolute atomic E-state index is 0.331. The summed E-state index contributed by atoms with van der Waals surface area (Å²) in [6.07, 6.45) is 2.35. The molecular weight excluding hydrogens is 284 g/mol. The number of hydrogen-bond donors (Lipinski definition) is 1. The standard InChI is InChI=1S/C16H18N2O2S/c1-20-16(19)12-2-5-14(17)15(8-12)18(13-3-4-13)9-11-6-7-21-10-11/h2,5-8,10,13H,3-4,9,17H2,1H3. The molecule has 1 aliphatic rings. The Kier molecular flexibility index (Phi) is 3.84. The van der Waals surface area contributed by atoms with Gasteiger partial charge in [0.25, 0.3) is 0 Å². The molecule has 0 bridgehead atoms. The van der Waals surface area contributed by atoms with E-state index >= 15 is 0 Å². The Labute approximate surface area is 128 Å². The van der Waals surface area contributed by atoms with Crippen LogP contribution in [0.5, 0.6) is 0 Å². The topological polar surface area (TPSA) is 55.6 Å². The van der Waals surface area contributed by atoms with E-state index in [2.05, 4.69) is 21.7 Å². The fraction of sp³-hybridized carbons (Fsp3) is 0.312. The lowest BCUT2D eigenvalue weighted by molar-refractivity contribution is 0.0601. The van der Waals surface area contributed by atoms with Crippen LogP contribution in [-0.4, -0.2) is 19.1 Å². The first-order valence-electron chi connectivity index (χ1n) is 6.94. The average Bonchev–Trinajstić information content (AvgIpc) is 3.21. The number of nitrogens with two attached hydrogens (primary N) is 1. The number of ether oxygens (including phenoxy) is 1. The van der Waals surface area contributed by atoms with E-state index in [-0.39, 0.29) is 5.97 Å². The SMILES string of the molecule is COC(=O)c1ccc(N)c(N(Cc2ccsc2)C2CC2)c1. The first-order chi connectivity index (χ1) is 10.2. The van der Waals surface area contributed by atoms with Crippen LogP contribution in [0.1, 0.15) is 28.8 Å². The second kappa shape index (κ2) is 5.77. The first kappa shape index (κ1) is 13.9. The molecule has 0 spiro atoms. The van der Waals surface area contributed by atoms with E-state index in [1.807, 2.05) is 6.07 Å². The molecule has 4 nitrogen and oxygen atoms in total. The normalized spacial score (nSPS) is 14.0. The highest BCUT2D eigenvalue weighted by Crippen LogP contribution is 2.36. The summed E-state index contributed by atoms with van der Waals surface area (Å²) in [6, 6.07) is 7.97. The second-order valence-electron chi connectivity index (χ2n) is 5.26. The number of methoxy groups -OCH3 is 1. The smallest absolute Gasteiger partial charge is 0.337 e. The molecule has 0 saturated heterocycles. The van der Waals surface area contributed by atoms with Crippen LogP contribution >= 0.6 is 11.3 Å². The highest BCUT2D eigenvalue weighted by Gasteiger charge is 2.30. The maximum atomic E-state index is 11.7. The van der Waals surface area contributed by atoms with Gasteiger partial charge in [0, 0.05) is 12.6 Å². The molecule has 5 heteroatoms. The van der Waals surface area contributed by atoms with E-state index in [1.165, 1.54) is 25.5 Å². The van der Waals surface area contributed by atoms with Crippen molar-refractivity contribution in [1.29, 1.82) is 0 Å². The summed E-state index contributed by atoms with van der Waals surface area (Å²) >= 11 is 1.69. The Hall–Kier alpha value is -2.01. The van der Waals surface area contributed by atoms with Gasteiger partial charge in [-0.05, 0) is 53.4 Å². The summed E-state index contributed by atoms with van der Waals surface area (Å²) < 4.78 is 4.80. The zero-order valence-electron chi connectivity index (χ0n) is 11.9. The summed E-state index contributed by atoms with van der Waals surface area (Å²) in [5.74, 6) is -0.331. The van der Waals surface area contributed by atoms with Crippen molar-refractivity contribution in [1.82, 2.24) is 0 Å². The number of carbonyl (C=O) groups is 1. The van der Waals surface area contributed by atoms with Gasteiger partial charge in [-0.15, -0.1) is 0 Å². The van der Waals surface area contributed by atoms with Crippen molar-refractivity contribution in [3.05, 3.63) is 46.2 Å². The van der Waals surface area contributed by atoms with E-state index in [0.29, 0.717) is 17.3 Å². The zero-order chi connectivity index (χ0) is 14.8. The van der Waals surface area contributed by atoms with Gasteiger partial charge in [0.05, 0.1) is 24.0 Å². The van der Waals surface area contributed by atoms with Crippen molar-refractivity contribution in [3.63, 3.8) is 0 Å². The van der Waals surface area contributed by atoms with Crippen molar-refractivity contribution in [2.45, 2.75) is 25.4 Å². The number of thiophene rings is 1. The fourth-order valence-electron chi connectivity index (χ4n) is 2.41. The largest absolute Gasteiger partial charge is 0.465 e. The average molecular weight is 302 g/mol. The fourth-order valence-corrected chi connectivity index (χ4v) is 3.07. The molecule has 2 N–H and O–H groups in total. The van der Waals surface area contributed by atoms with E-state index in [1.54, 1.807) is 23.5 Å². The number of benzene rings is 1. The lowest BCUT2D eigenvalue weighted by Crippen LogP contribution is -2.26. The van der Waals surface area contributed by atoms with Crippen molar-refractivity contribution in [2.75, 3.05) is 17.7 Å². The van der Waals surface area contributed by atoms with Crippen LogP contribution < -0.4 is 10.6 Å². The van der Waals surface area contributed by atoms with Gasteiger partial charge >= 0.3 is 5.97 Å². The van der Waals surface area contributed by atoms with Crippen molar-refractivity contribution in [2.24, 2.45) is 0 Å². The number of hydrogen-bond acceptors (Lipinski definition) is 5. The van der Waals surface area contributed by atoms with Gasteiger partial charge in [-0.3, -0.25) is 0 Å². The summed E-state index contributed by atoms with van der Waals surface area (Å²) in [6.45, 7) is 0.822. The highest BCUT2D eigenvalue weighted by atomic mass is 32.1. The van der Waals surface area contributed by atoms with Crippen LogP contribution in [0.3, 0.4) is 0 Å². The van der Waals surface area contributed by atoms with Crippen LogP contribution in [0.2, 0.25) is 0 Å². The number of rotatable bonds is 5. The van der Waals surface area contributed by atoms with E-state index < -0.39 is 0 Å². The predicted molar refractivity (Wildman–Crippen MR) is 85.7 cm³/mol. The summed E-state index contributed by atoms with van der Waals surface area (Å²) in [4.78, 5) is 14.0. The van der Waals surface area contributed by atoms with Gasteiger partial charge in [-0.2, -0.15) is 11.3 Å². The van der Waals surface area contributed by atoms with Crippen molar-refractivity contribution in [3.8, 4) is 0 Å². The van der Waals surface area contributed by atoms with Crippen LogP contribution in [0, 0.1) is 0 Å². The first-order valence-corrected chi connectivity index (χ1v) is 7.89. The third-order valence-corrected chi connectivity index (χ3v) is 4.41. The van der Waals surface area contributed by atoms with Gasteiger partial charge in [-0.25, -0.2) is 4.79 Å². The molecule has 0 unspecified atom stereocenters. The van der Waals surface area contributed by atoms with Crippen molar-refractivity contribution < 1.29 is 9.53 Å². The molecule has 1 aliphatic carbocycles. The number of esters is 1.